The summed E-state index contributed by atoms with van der Waals surface area (Å²) in [6.07, 6.45) is 0. The Hall–Kier alpha value is -1.88. The summed E-state index contributed by atoms with van der Waals surface area (Å²) in [6.45, 7) is 4.44. The lowest BCUT2D eigenvalue weighted by molar-refractivity contribution is 0.0786. The Balaban J connectivity index is 2.15. The first-order valence-corrected chi connectivity index (χ1v) is 6.87. The van der Waals surface area contributed by atoms with Crippen LogP contribution in [-0.2, 0) is 6.54 Å². The number of rotatable bonds is 3. The van der Waals surface area contributed by atoms with E-state index in [-0.39, 0.29) is 5.91 Å². The van der Waals surface area contributed by atoms with Gasteiger partial charge >= 0.3 is 0 Å². The number of hydrogen-bond acceptors (Lipinski definition) is 4. The van der Waals surface area contributed by atoms with Crippen molar-refractivity contribution in [1.29, 1.82) is 0 Å². The van der Waals surface area contributed by atoms with E-state index in [9.17, 15) is 4.79 Å². The van der Waals surface area contributed by atoms with Crippen molar-refractivity contribution in [3.8, 4) is 0 Å². The van der Waals surface area contributed by atoms with Gasteiger partial charge in [-0.1, -0.05) is 0 Å². The zero-order valence-electron chi connectivity index (χ0n) is 11.3. The fourth-order valence-electron chi connectivity index (χ4n) is 1.79. The average molecular weight is 275 g/mol. The van der Waals surface area contributed by atoms with Gasteiger partial charge in [-0.3, -0.25) is 4.79 Å². The van der Waals surface area contributed by atoms with Crippen LogP contribution in [0.4, 0.5) is 5.69 Å². The maximum Gasteiger partial charge on any atom is 0.253 e. The number of nitrogen functional groups attached to an aromatic ring is 1. The maximum atomic E-state index is 12.3. The Morgan fingerprint density at radius 2 is 2.16 bits per heavy atom. The molecule has 100 valence electrons. The van der Waals surface area contributed by atoms with Crippen LogP contribution in [0.1, 0.15) is 26.5 Å². The fourth-order valence-corrected chi connectivity index (χ4v) is 2.62. The highest BCUT2D eigenvalue weighted by Crippen LogP contribution is 2.17. The Bertz CT molecular complexity index is 606. The molecule has 2 aromatic rings. The lowest BCUT2D eigenvalue weighted by Crippen LogP contribution is -2.26. The highest BCUT2D eigenvalue weighted by Gasteiger charge is 2.14. The van der Waals surface area contributed by atoms with E-state index in [0.29, 0.717) is 17.8 Å². The minimum Gasteiger partial charge on any atom is -0.399 e. The number of amides is 1. The van der Waals surface area contributed by atoms with Crippen molar-refractivity contribution in [2.45, 2.75) is 20.4 Å². The lowest BCUT2D eigenvalue weighted by atomic mass is 10.1. The SMILES string of the molecule is Cc1cc(C(=O)N(C)Cc2scnc2C)ccc1N. The predicted molar refractivity (Wildman–Crippen MR) is 78.2 cm³/mol. The van der Waals surface area contributed by atoms with Crippen LogP contribution in [0.5, 0.6) is 0 Å². The molecule has 0 unspecified atom stereocenters. The van der Waals surface area contributed by atoms with Crippen molar-refractivity contribution in [3.63, 3.8) is 0 Å². The second-order valence-electron chi connectivity index (χ2n) is 4.59. The van der Waals surface area contributed by atoms with Gasteiger partial charge < -0.3 is 10.6 Å². The predicted octanol–water partition coefficient (Wildman–Crippen LogP) is 2.61. The Labute approximate surface area is 116 Å². The Morgan fingerprint density at radius 3 is 2.74 bits per heavy atom. The summed E-state index contributed by atoms with van der Waals surface area (Å²) in [6, 6.07) is 5.36. The second-order valence-corrected chi connectivity index (χ2v) is 5.53. The van der Waals surface area contributed by atoms with Crippen LogP contribution in [0.25, 0.3) is 0 Å². The first-order valence-electron chi connectivity index (χ1n) is 5.99. The van der Waals surface area contributed by atoms with Gasteiger partial charge in [0.2, 0.25) is 0 Å². The average Bonchev–Trinajstić information content (AvgIpc) is 2.77. The normalized spacial score (nSPS) is 10.5. The zero-order chi connectivity index (χ0) is 14.0. The summed E-state index contributed by atoms with van der Waals surface area (Å²) in [4.78, 5) is 19.3. The zero-order valence-corrected chi connectivity index (χ0v) is 12.1. The maximum absolute atomic E-state index is 12.3. The first kappa shape index (κ1) is 13.5. The van der Waals surface area contributed by atoms with Gasteiger partial charge in [0.05, 0.1) is 17.7 Å². The van der Waals surface area contributed by atoms with Gasteiger partial charge in [0, 0.05) is 23.2 Å². The van der Waals surface area contributed by atoms with Crippen LogP contribution in [0, 0.1) is 13.8 Å². The van der Waals surface area contributed by atoms with Crippen LogP contribution in [0.3, 0.4) is 0 Å². The summed E-state index contributed by atoms with van der Waals surface area (Å²) in [5.74, 6) is -0.00380. The molecule has 1 amide bonds. The van der Waals surface area contributed by atoms with E-state index in [0.717, 1.165) is 16.1 Å². The van der Waals surface area contributed by atoms with Crippen molar-refractivity contribution in [3.05, 3.63) is 45.4 Å². The highest BCUT2D eigenvalue weighted by molar-refractivity contribution is 7.09. The first-order chi connectivity index (χ1) is 8.99. The van der Waals surface area contributed by atoms with Crippen molar-refractivity contribution in [2.75, 3.05) is 12.8 Å². The van der Waals surface area contributed by atoms with E-state index < -0.39 is 0 Å². The lowest BCUT2D eigenvalue weighted by Gasteiger charge is -2.17. The molecule has 0 aliphatic rings. The second kappa shape index (κ2) is 5.40. The van der Waals surface area contributed by atoms with Gasteiger partial charge in [-0.15, -0.1) is 11.3 Å². The van der Waals surface area contributed by atoms with Gasteiger partial charge in [0.1, 0.15) is 0 Å². The number of aromatic nitrogens is 1. The molecular weight excluding hydrogens is 258 g/mol. The van der Waals surface area contributed by atoms with Crippen molar-refractivity contribution < 1.29 is 4.79 Å². The standard InChI is InChI=1S/C14H17N3OS/c1-9-6-11(4-5-12(9)15)14(18)17(3)7-13-10(2)16-8-19-13/h4-6,8H,7,15H2,1-3H3. The van der Waals surface area contributed by atoms with E-state index in [4.69, 9.17) is 5.73 Å². The molecule has 2 N–H and O–H groups in total. The third-order valence-corrected chi connectivity index (χ3v) is 4.01. The number of carbonyl (C=O) groups is 1. The molecule has 19 heavy (non-hydrogen) atoms. The minimum atomic E-state index is -0.00380. The van der Waals surface area contributed by atoms with Crippen LogP contribution in [0.2, 0.25) is 0 Å². The molecule has 0 atom stereocenters. The molecule has 0 aliphatic carbocycles. The molecule has 0 saturated carbocycles. The molecule has 0 saturated heterocycles. The van der Waals surface area contributed by atoms with Gasteiger partial charge in [0.25, 0.3) is 5.91 Å². The smallest absolute Gasteiger partial charge is 0.253 e. The molecule has 1 heterocycles. The summed E-state index contributed by atoms with van der Waals surface area (Å²) in [5, 5.41) is 0. The Kier molecular flexibility index (Phi) is 3.85. The summed E-state index contributed by atoms with van der Waals surface area (Å²) in [7, 11) is 1.80. The monoisotopic (exact) mass is 275 g/mol. The highest BCUT2D eigenvalue weighted by atomic mass is 32.1. The molecule has 0 fully saturated rings. The summed E-state index contributed by atoms with van der Waals surface area (Å²) >= 11 is 1.57. The summed E-state index contributed by atoms with van der Waals surface area (Å²) < 4.78 is 0. The molecule has 0 spiro atoms. The van der Waals surface area contributed by atoms with Gasteiger partial charge in [-0.05, 0) is 37.6 Å². The van der Waals surface area contributed by atoms with E-state index >= 15 is 0 Å². The number of nitrogens with two attached hydrogens (primary N) is 1. The third kappa shape index (κ3) is 2.93. The van der Waals surface area contributed by atoms with Gasteiger partial charge in [0.15, 0.2) is 0 Å². The number of thiazole rings is 1. The fraction of sp³-hybridized carbons (Fsp3) is 0.286. The topological polar surface area (TPSA) is 59.2 Å². The van der Waals surface area contributed by atoms with Crippen molar-refractivity contribution in [1.82, 2.24) is 9.88 Å². The van der Waals surface area contributed by atoms with Crippen LogP contribution >= 0.6 is 11.3 Å². The number of hydrogen-bond donors (Lipinski definition) is 1. The summed E-state index contributed by atoms with van der Waals surface area (Å²) in [5.41, 5.74) is 10.8. The molecule has 1 aromatic carbocycles. The van der Waals surface area contributed by atoms with E-state index in [1.165, 1.54) is 0 Å². The molecule has 2 rings (SSSR count). The number of nitrogens with zero attached hydrogens (tertiary/aromatic N) is 2. The quantitative estimate of drug-likeness (QED) is 0.876. The largest absolute Gasteiger partial charge is 0.399 e. The Morgan fingerprint density at radius 1 is 1.42 bits per heavy atom. The van der Waals surface area contributed by atoms with Crippen molar-refractivity contribution >= 4 is 22.9 Å². The minimum absolute atomic E-state index is 0.00380. The molecular formula is C14H17N3OS. The van der Waals surface area contributed by atoms with E-state index in [1.807, 2.05) is 19.9 Å². The number of benzene rings is 1. The molecule has 4 nitrogen and oxygen atoms in total. The molecule has 0 aliphatic heterocycles. The van der Waals surface area contributed by atoms with Crippen LogP contribution in [0.15, 0.2) is 23.7 Å². The van der Waals surface area contributed by atoms with Crippen LogP contribution in [-0.4, -0.2) is 22.8 Å². The van der Waals surface area contributed by atoms with E-state index in [2.05, 4.69) is 4.98 Å². The molecule has 0 bridgehead atoms. The van der Waals surface area contributed by atoms with E-state index in [1.54, 1.807) is 40.9 Å². The van der Waals surface area contributed by atoms with Gasteiger partial charge in [-0.2, -0.15) is 0 Å². The molecule has 1 aromatic heterocycles. The van der Waals surface area contributed by atoms with Crippen molar-refractivity contribution in [2.24, 2.45) is 0 Å². The number of aryl methyl sites for hydroxylation is 2. The third-order valence-electron chi connectivity index (χ3n) is 3.09. The number of anilines is 1. The number of carbonyl (C=O) groups excluding carboxylic acids is 1. The molecule has 0 radical (unpaired) electrons. The van der Waals surface area contributed by atoms with Crippen LogP contribution < -0.4 is 5.73 Å². The van der Waals surface area contributed by atoms with Gasteiger partial charge in [-0.25, -0.2) is 4.98 Å². The molecule has 5 heteroatoms.